The number of nitrogens with zero attached hydrogens (tertiary/aromatic N) is 6. The Morgan fingerprint density at radius 1 is 1.17 bits per heavy atom. The second kappa shape index (κ2) is 10.1. The number of aromatic nitrogens is 5. The van der Waals surface area contributed by atoms with Crippen LogP contribution in [0.1, 0.15) is 32.1 Å². The molecule has 0 spiro atoms. The molecule has 0 unspecified atom stereocenters. The fraction of sp³-hybridized carbons (Fsp3) is 0.0952. The largest absolute Gasteiger partial charge is 0.497 e. The zero-order valence-electron chi connectivity index (χ0n) is 18.4. The Morgan fingerprint density at radius 2 is 1.94 bits per heavy atom. The average molecular weight is 476 g/mol. The number of anilines is 2. The molecule has 0 saturated heterocycles. The summed E-state index contributed by atoms with van der Waals surface area (Å²) >= 11 is 0. The smallest absolute Gasteiger partial charge is 0.293 e. The molecule has 0 fully saturated rings. The lowest BCUT2D eigenvalue weighted by molar-refractivity contribution is 0.0947. The van der Waals surface area contributed by atoms with Crippen LogP contribution in [0.5, 0.6) is 5.75 Å². The summed E-state index contributed by atoms with van der Waals surface area (Å²) < 4.78 is 11.0. The molecule has 2 aromatic heterocycles. The summed E-state index contributed by atoms with van der Waals surface area (Å²) in [5.41, 5.74) is 15.3. The molecular weight excluding hydrogens is 456 g/mol. The third-order valence-corrected chi connectivity index (χ3v) is 4.81. The topological polar surface area (TPSA) is 201 Å². The first-order valence-corrected chi connectivity index (χ1v) is 10.1. The fourth-order valence-corrected chi connectivity index (χ4v) is 3.08. The maximum absolute atomic E-state index is 12.9. The Bertz CT molecular complexity index is 1380. The lowest BCUT2D eigenvalue weighted by atomic mass is 10.1. The standard InChI is InChI=1S/C21H20N10O4/c1-34-13-8-6-12(7-9-13)10-25-27-21(33)17-16(31(30-26-17)20-18(22)28-35-29-20)11-24-15-5-3-2-4-14(15)19(23)32/h2-10,24H,11H2,1H3,(H2,22,28)(H2,23,32)(H,27,33)/b25-10+. The first kappa shape index (κ1) is 22.9. The van der Waals surface area contributed by atoms with E-state index >= 15 is 0 Å². The van der Waals surface area contributed by atoms with Crippen LogP contribution < -0.4 is 26.9 Å². The van der Waals surface area contributed by atoms with Gasteiger partial charge in [-0.05, 0) is 52.3 Å². The van der Waals surface area contributed by atoms with Gasteiger partial charge in [-0.25, -0.2) is 10.1 Å². The van der Waals surface area contributed by atoms with Gasteiger partial charge >= 0.3 is 0 Å². The van der Waals surface area contributed by atoms with Crippen molar-refractivity contribution in [3.05, 3.63) is 71.0 Å². The van der Waals surface area contributed by atoms with Crippen LogP contribution in [0.4, 0.5) is 11.5 Å². The fourth-order valence-electron chi connectivity index (χ4n) is 3.08. The Kier molecular flexibility index (Phi) is 6.62. The number of hydrazone groups is 1. The minimum absolute atomic E-state index is 0.00542. The van der Waals surface area contributed by atoms with Gasteiger partial charge in [-0.15, -0.1) is 5.10 Å². The number of rotatable bonds is 9. The van der Waals surface area contributed by atoms with E-state index < -0.39 is 11.8 Å². The molecule has 0 atom stereocenters. The van der Waals surface area contributed by atoms with E-state index in [1.165, 1.54) is 10.9 Å². The second-order valence-electron chi connectivity index (χ2n) is 7.01. The van der Waals surface area contributed by atoms with Gasteiger partial charge in [0, 0.05) is 5.69 Å². The highest BCUT2D eigenvalue weighted by Gasteiger charge is 2.24. The lowest BCUT2D eigenvalue weighted by Crippen LogP contribution is -2.22. The Morgan fingerprint density at radius 3 is 2.63 bits per heavy atom. The molecule has 14 nitrogen and oxygen atoms in total. The molecule has 2 amide bonds. The normalized spacial score (nSPS) is 10.9. The number of primary amides is 1. The number of nitrogens with two attached hydrogens (primary N) is 2. The third kappa shape index (κ3) is 5.05. The van der Waals surface area contributed by atoms with Crippen LogP contribution in [0.3, 0.4) is 0 Å². The van der Waals surface area contributed by atoms with E-state index in [1.54, 1.807) is 55.6 Å². The number of para-hydroxylation sites is 1. The van der Waals surface area contributed by atoms with Crippen molar-refractivity contribution in [3.63, 3.8) is 0 Å². The Hall–Kier alpha value is -5.27. The first-order valence-electron chi connectivity index (χ1n) is 10.1. The molecule has 0 radical (unpaired) electrons. The van der Waals surface area contributed by atoms with Crippen LogP contribution in [0.2, 0.25) is 0 Å². The lowest BCUT2D eigenvalue weighted by Gasteiger charge is -2.11. The van der Waals surface area contributed by atoms with Gasteiger partial charge in [-0.3, -0.25) is 9.59 Å². The summed E-state index contributed by atoms with van der Waals surface area (Å²) in [6.07, 6.45) is 1.46. The van der Waals surface area contributed by atoms with Crippen LogP contribution in [-0.4, -0.2) is 50.4 Å². The SMILES string of the molecule is COc1ccc(/C=N/NC(=O)c2nnn(-c3nonc3N)c2CNc2ccccc2C(N)=O)cc1. The predicted molar refractivity (Wildman–Crippen MR) is 124 cm³/mol. The Labute approximate surface area is 197 Å². The van der Waals surface area contributed by atoms with Crippen molar-refractivity contribution in [1.29, 1.82) is 0 Å². The minimum atomic E-state index is -0.643. The van der Waals surface area contributed by atoms with E-state index in [-0.39, 0.29) is 35.1 Å². The quantitative estimate of drug-likeness (QED) is 0.197. The summed E-state index contributed by atoms with van der Waals surface area (Å²) in [6, 6.07) is 13.7. The maximum Gasteiger partial charge on any atom is 0.293 e. The zero-order chi connectivity index (χ0) is 24.8. The molecule has 6 N–H and O–H groups in total. The summed E-state index contributed by atoms with van der Waals surface area (Å²) in [4.78, 5) is 24.6. The van der Waals surface area contributed by atoms with Crippen molar-refractivity contribution in [2.24, 2.45) is 10.8 Å². The molecule has 2 heterocycles. The van der Waals surface area contributed by atoms with Gasteiger partial charge in [0.15, 0.2) is 5.69 Å². The number of nitrogen functional groups attached to an aromatic ring is 1. The highest BCUT2D eigenvalue weighted by atomic mass is 16.6. The Balaban J connectivity index is 1.58. The van der Waals surface area contributed by atoms with E-state index in [4.69, 9.17) is 16.2 Å². The molecule has 35 heavy (non-hydrogen) atoms. The number of amides is 2. The van der Waals surface area contributed by atoms with E-state index in [0.717, 1.165) is 5.56 Å². The number of carbonyl (C=O) groups is 2. The van der Waals surface area contributed by atoms with Crippen molar-refractivity contribution in [2.75, 3.05) is 18.2 Å². The second-order valence-corrected chi connectivity index (χ2v) is 7.01. The summed E-state index contributed by atoms with van der Waals surface area (Å²) in [5, 5.41) is 22.2. The van der Waals surface area contributed by atoms with Gasteiger partial charge in [0.05, 0.1) is 31.1 Å². The van der Waals surface area contributed by atoms with Gasteiger partial charge < -0.3 is 21.5 Å². The van der Waals surface area contributed by atoms with Gasteiger partial charge in [-0.2, -0.15) is 9.78 Å². The number of ether oxygens (including phenoxy) is 1. The molecule has 178 valence electrons. The van der Waals surface area contributed by atoms with Crippen molar-refractivity contribution in [3.8, 4) is 11.6 Å². The zero-order valence-corrected chi connectivity index (χ0v) is 18.4. The molecule has 0 aliphatic carbocycles. The monoisotopic (exact) mass is 476 g/mol. The number of hydrogen-bond donors (Lipinski definition) is 4. The van der Waals surface area contributed by atoms with Gasteiger partial charge in [0.1, 0.15) is 5.75 Å². The van der Waals surface area contributed by atoms with E-state index in [9.17, 15) is 9.59 Å². The first-order chi connectivity index (χ1) is 17.0. The van der Waals surface area contributed by atoms with Crippen molar-refractivity contribution >= 4 is 29.5 Å². The van der Waals surface area contributed by atoms with Crippen LogP contribution in [0.25, 0.3) is 5.82 Å². The maximum atomic E-state index is 12.9. The molecule has 4 rings (SSSR count). The number of nitrogens with one attached hydrogen (secondary N) is 2. The molecular formula is C21H20N10O4. The number of hydrogen-bond acceptors (Lipinski definition) is 11. The number of benzene rings is 2. The van der Waals surface area contributed by atoms with Gasteiger partial charge in [-0.1, -0.05) is 17.3 Å². The summed E-state index contributed by atoms with van der Waals surface area (Å²) in [6.45, 7) is -0.00542. The van der Waals surface area contributed by atoms with Gasteiger partial charge in [0.2, 0.25) is 11.6 Å². The summed E-state index contributed by atoms with van der Waals surface area (Å²) in [7, 11) is 1.57. The highest BCUT2D eigenvalue weighted by molar-refractivity contribution is 5.98. The molecule has 0 aliphatic rings. The van der Waals surface area contributed by atoms with E-state index in [1.807, 2.05) is 0 Å². The number of carbonyl (C=O) groups excluding carboxylic acids is 2. The van der Waals surface area contributed by atoms with Crippen molar-refractivity contribution in [1.82, 2.24) is 30.7 Å². The summed E-state index contributed by atoms with van der Waals surface area (Å²) in [5.74, 6) is -0.581. The minimum Gasteiger partial charge on any atom is -0.497 e. The predicted octanol–water partition coefficient (Wildman–Crippen LogP) is 0.716. The van der Waals surface area contributed by atoms with Crippen LogP contribution >= 0.6 is 0 Å². The van der Waals surface area contributed by atoms with Gasteiger partial charge in [0.25, 0.3) is 11.8 Å². The molecule has 0 aliphatic heterocycles. The molecule has 0 saturated carbocycles. The molecule has 0 bridgehead atoms. The molecule has 14 heteroatoms. The molecule has 4 aromatic rings. The molecule has 2 aromatic carbocycles. The third-order valence-electron chi connectivity index (χ3n) is 4.81. The van der Waals surface area contributed by atoms with E-state index in [2.05, 4.69) is 41.1 Å². The number of methoxy groups -OCH3 is 1. The van der Waals surface area contributed by atoms with Crippen molar-refractivity contribution in [2.45, 2.75) is 6.54 Å². The van der Waals surface area contributed by atoms with Crippen LogP contribution in [0.15, 0.2) is 58.3 Å². The highest BCUT2D eigenvalue weighted by Crippen LogP contribution is 2.20. The average Bonchev–Trinajstić information content (AvgIpc) is 3.48. The van der Waals surface area contributed by atoms with Crippen LogP contribution in [0, 0.1) is 0 Å². The van der Waals surface area contributed by atoms with E-state index in [0.29, 0.717) is 11.4 Å². The van der Waals surface area contributed by atoms with Crippen molar-refractivity contribution < 1.29 is 19.0 Å². The van der Waals surface area contributed by atoms with Crippen LogP contribution in [-0.2, 0) is 6.54 Å².